The fraction of sp³-hybridized carbons (Fsp3) is 0.333. The molecule has 0 aromatic carbocycles. The highest BCUT2D eigenvalue weighted by atomic mass is 16.2. The van der Waals surface area contributed by atoms with Crippen LogP contribution >= 0.6 is 0 Å². The van der Waals surface area contributed by atoms with E-state index in [-0.39, 0.29) is 6.03 Å². The lowest BCUT2D eigenvalue weighted by Gasteiger charge is -2.12. The van der Waals surface area contributed by atoms with Gasteiger partial charge in [0.05, 0.1) is 11.9 Å². The van der Waals surface area contributed by atoms with E-state index in [0.717, 1.165) is 24.2 Å². The summed E-state index contributed by atoms with van der Waals surface area (Å²) in [5.74, 6) is 0. The van der Waals surface area contributed by atoms with Crippen molar-refractivity contribution >= 4 is 11.7 Å². The van der Waals surface area contributed by atoms with E-state index in [1.165, 1.54) is 0 Å². The molecule has 0 saturated carbocycles. The van der Waals surface area contributed by atoms with Crippen LogP contribution in [0.25, 0.3) is 0 Å². The van der Waals surface area contributed by atoms with Gasteiger partial charge in [0, 0.05) is 19.8 Å². The first-order valence-corrected chi connectivity index (χ1v) is 4.22. The van der Waals surface area contributed by atoms with Crippen LogP contribution in [0.1, 0.15) is 5.56 Å². The van der Waals surface area contributed by atoms with Gasteiger partial charge in [0.25, 0.3) is 0 Å². The first-order chi connectivity index (χ1) is 6.27. The Hall–Kier alpha value is -1.58. The average Bonchev–Trinajstić information content (AvgIpc) is 2.28. The highest BCUT2D eigenvalue weighted by molar-refractivity contribution is 5.90. The molecule has 1 aliphatic heterocycles. The lowest BCUT2D eigenvalue weighted by atomic mass is 10.2. The summed E-state index contributed by atoms with van der Waals surface area (Å²) in [6, 6.07) is 1.88. The Balaban J connectivity index is 2.35. The predicted octanol–water partition coefficient (Wildman–Crippen LogP) is 1.10. The van der Waals surface area contributed by atoms with Crippen LogP contribution in [0.4, 0.5) is 10.5 Å². The van der Waals surface area contributed by atoms with E-state index in [2.05, 4.69) is 10.3 Å². The summed E-state index contributed by atoms with van der Waals surface area (Å²) in [6.45, 7) is 0.753. The maximum absolute atomic E-state index is 11.4. The summed E-state index contributed by atoms with van der Waals surface area (Å²) in [7, 11) is 1.79. The topological polar surface area (TPSA) is 45.2 Å². The molecule has 0 atom stereocenters. The van der Waals surface area contributed by atoms with Gasteiger partial charge < -0.3 is 10.2 Å². The zero-order chi connectivity index (χ0) is 9.26. The standard InChI is InChI=1S/C9H11N3O/c1-12-5-3-7-2-4-10-6-8(7)11-9(12)13/h2,4,6H,3,5H2,1H3,(H,11,13). The number of urea groups is 1. The Morgan fingerprint density at radius 3 is 3.31 bits per heavy atom. The van der Waals surface area contributed by atoms with E-state index < -0.39 is 0 Å². The number of pyridine rings is 1. The number of carbonyl (C=O) groups is 1. The van der Waals surface area contributed by atoms with Crippen LogP contribution in [-0.2, 0) is 6.42 Å². The molecule has 0 spiro atoms. The Kier molecular flexibility index (Phi) is 1.88. The number of nitrogens with one attached hydrogen (secondary N) is 1. The van der Waals surface area contributed by atoms with Gasteiger partial charge in [-0.3, -0.25) is 4.98 Å². The Labute approximate surface area is 76.6 Å². The van der Waals surface area contributed by atoms with Crippen LogP contribution in [0.2, 0.25) is 0 Å². The number of anilines is 1. The minimum Gasteiger partial charge on any atom is -0.327 e. The third kappa shape index (κ3) is 1.47. The molecule has 0 unspecified atom stereocenters. The van der Waals surface area contributed by atoms with Crippen molar-refractivity contribution in [2.45, 2.75) is 6.42 Å². The van der Waals surface area contributed by atoms with Gasteiger partial charge in [-0.1, -0.05) is 0 Å². The lowest BCUT2D eigenvalue weighted by molar-refractivity contribution is 0.224. The maximum Gasteiger partial charge on any atom is 0.321 e. The van der Waals surface area contributed by atoms with Gasteiger partial charge >= 0.3 is 6.03 Å². The Morgan fingerprint density at radius 2 is 2.46 bits per heavy atom. The number of hydrogen-bond acceptors (Lipinski definition) is 2. The van der Waals surface area contributed by atoms with Crippen LogP contribution < -0.4 is 5.32 Å². The first kappa shape index (κ1) is 8.04. The molecular weight excluding hydrogens is 166 g/mol. The van der Waals surface area contributed by atoms with E-state index in [9.17, 15) is 4.79 Å². The van der Waals surface area contributed by atoms with Crippen molar-refractivity contribution in [3.63, 3.8) is 0 Å². The number of likely N-dealkylation sites (N-methyl/N-ethyl adjacent to an activating group) is 1. The number of fused-ring (bicyclic) bond motifs is 1. The van der Waals surface area contributed by atoms with Gasteiger partial charge in [0.2, 0.25) is 0 Å². The van der Waals surface area contributed by atoms with Crippen LogP contribution in [0.3, 0.4) is 0 Å². The fourth-order valence-corrected chi connectivity index (χ4v) is 1.35. The zero-order valence-electron chi connectivity index (χ0n) is 7.45. The lowest BCUT2D eigenvalue weighted by Crippen LogP contribution is -2.30. The number of hydrogen-bond donors (Lipinski definition) is 1. The second-order valence-corrected chi connectivity index (χ2v) is 3.13. The third-order valence-corrected chi connectivity index (χ3v) is 2.22. The molecule has 4 heteroatoms. The molecule has 1 N–H and O–H groups in total. The van der Waals surface area contributed by atoms with Crippen molar-refractivity contribution in [3.8, 4) is 0 Å². The average molecular weight is 177 g/mol. The number of carbonyl (C=O) groups excluding carboxylic acids is 1. The van der Waals surface area contributed by atoms with E-state index in [1.54, 1.807) is 24.3 Å². The van der Waals surface area contributed by atoms with Gasteiger partial charge in [-0.05, 0) is 18.1 Å². The van der Waals surface area contributed by atoms with Crippen molar-refractivity contribution in [2.75, 3.05) is 18.9 Å². The van der Waals surface area contributed by atoms with Gasteiger partial charge in [-0.25, -0.2) is 4.79 Å². The van der Waals surface area contributed by atoms with Crippen LogP contribution in [0.15, 0.2) is 18.5 Å². The summed E-state index contributed by atoms with van der Waals surface area (Å²) in [5, 5.41) is 2.80. The fourth-order valence-electron chi connectivity index (χ4n) is 1.35. The van der Waals surface area contributed by atoms with Gasteiger partial charge in [-0.2, -0.15) is 0 Å². The highest BCUT2D eigenvalue weighted by Gasteiger charge is 2.15. The number of amides is 2. The van der Waals surface area contributed by atoms with E-state index in [1.807, 2.05) is 6.07 Å². The Bertz CT molecular complexity index is 337. The predicted molar refractivity (Wildman–Crippen MR) is 49.6 cm³/mol. The molecule has 0 aliphatic carbocycles. The quantitative estimate of drug-likeness (QED) is 0.645. The molecule has 1 aliphatic rings. The van der Waals surface area contributed by atoms with E-state index in [0.29, 0.717) is 0 Å². The molecule has 2 heterocycles. The van der Waals surface area contributed by atoms with Crippen molar-refractivity contribution in [2.24, 2.45) is 0 Å². The maximum atomic E-state index is 11.4. The summed E-state index contributed by atoms with van der Waals surface area (Å²) in [4.78, 5) is 17.0. The van der Waals surface area contributed by atoms with Crippen molar-refractivity contribution in [1.29, 1.82) is 0 Å². The molecule has 0 fully saturated rings. The molecule has 0 radical (unpaired) electrons. The normalized spacial score (nSPS) is 16.1. The van der Waals surface area contributed by atoms with E-state index in [4.69, 9.17) is 0 Å². The second kappa shape index (κ2) is 3.05. The molecule has 1 aromatic heterocycles. The van der Waals surface area contributed by atoms with Crippen molar-refractivity contribution in [1.82, 2.24) is 9.88 Å². The molecule has 1 aromatic rings. The summed E-state index contributed by atoms with van der Waals surface area (Å²) < 4.78 is 0. The van der Waals surface area contributed by atoms with Gasteiger partial charge in [0.15, 0.2) is 0 Å². The smallest absolute Gasteiger partial charge is 0.321 e. The molecule has 2 amide bonds. The molecule has 13 heavy (non-hydrogen) atoms. The monoisotopic (exact) mass is 177 g/mol. The number of aromatic nitrogens is 1. The molecule has 4 nitrogen and oxygen atoms in total. The zero-order valence-corrected chi connectivity index (χ0v) is 7.45. The van der Waals surface area contributed by atoms with Crippen LogP contribution in [0.5, 0.6) is 0 Å². The molecular formula is C9H11N3O. The van der Waals surface area contributed by atoms with Gasteiger partial charge in [-0.15, -0.1) is 0 Å². The molecule has 0 saturated heterocycles. The van der Waals surface area contributed by atoms with Crippen molar-refractivity contribution < 1.29 is 4.79 Å². The van der Waals surface area contributed by atoms with Crippen LogP contribution in [-0.4, -0.2) is 29.5 Å². The Morgan fingerprint density at radius 1 is 1.62 bits per heavy atom. The molecule has 2 rings (SSSR count). The van der Waals surface area contributed by atoms with Crippen LogP contribution in [0, 0.1) is 0 Å². The largest absolute Gasteiger partial charge is 0.327 e. The summed E-state index contributed by atoms with van der Waals surface area (Å²) in [5.41, 5.74) is 1.98. The minimum absolute atomic E-state index is 0.0632. The highest BCUT2D eigenvalue weighted by Crippen LogP contribution is 2.17. The van der Waals surface area contributed by atoms with E-state index >= 15 is 0 Å². The van der Waals surface area contributed by atoms with Crippen molar-refractivity contribution in [3.05, 3.63) is 24.0 Å². The first-order valence-electron chi connectivity index (χ1n) is 4.22. The number of nitrogens with zero attached hydrogens (tertiary/aromatic N) is 2. The third-order valence-electron chi connectivity index (χ3n) is 2.22. The SMILES string of the molecule is CN1CCc2ccncc2NC1=O. The van der Waals surface area contributed by atoms with Gasteiger partial charge in [0.1, 0.15) is 0 Å². The summed E-state index contributed by atoms with van der Waals surface area (Å²) in [6.07, 6.45) is 4.32. The minimum atomic E-state index is -0.0632. The molecule has 0 bridgehead atoms. The second-order valence-electron chi connectivity index (χ2n) is 3.13. The summed E-state index contributed by atoms with van der Waals surface area (Å²) >= 11 is 0. The molecule has 68 valence electrons. The number of rotatable bonds is 0.